The zero-order valence-corrected chi connectivity index (χ0v) is 12.0. The van der Waals surface area contributed by atoms with Gasteiger partial charge in [-0.1, -0.05) is 0 Å². The number of carboxylic acid groups (broad SMARTS) is 1. The number of aromatic carboxylic acids is 1. The second kappa shape index (κ2) is 4.72. The van der Waals surface area contributed by atoms with Crippen LogP contribution in [0.25, 0.3) is 0 Å². The molecule has 0 bridgehead atoms. The van der Waals surface area contributed by atoms with Gasteiger partial charge in [0.05, 0.1) is 0 Å². The summed E-state index contributed by atoms with van der Waals surface area (Å²) in [6.45, 7) is 0. The summed E-state index contributed by atoms with van der Waals surface area (Å²) in [4.78, 5) is 10.4. The zero-order valence-electron chi connectivity index (χ0n) is 5.75. The molecule has 4 heteroatoms. The van der Waals surface area contributed by atoms with Crippen molar-refractivity contribution in [1.29, 1.82) is 0 Å². The molecule has 1 aromatic rings. The molecular formula is C7H5ClHgO2. The van der Waals surface area contributed by atoms with Crippen molar-refractivity contribution in [2.24, 2.45) is 0 Å². The SMILES string of the molecule is O=C(O)c1ccc[c]([Hg+])c1.[Cl-]. The van der Waals surface area contributed by atoms with Gasteiger partial charge in [-0.25, -0.2) is 0 Å². The zero-order chi connectivity index (χ0) is 7.56. The van der Waals surface area contributed by atoms with E-state index in [2.05, 4.69) is 0 Å². The molecule has 0 fully saturated rings. The molecule has 0 spiro atoms. The van der Waals surface area contributed by atoms with Crippen LogP contribution in [-0.2, 0) is 26.1 Å². The van der Waals surface area contributed by atoms with Crippen LogP contribution in [-0.4, -0.2) is 11.1 Å². The van der Waals surface area contributed by atoms with Gasteiger partial charge in [0.15, 0.2) is 0 Å². The Kier molecular flexibility index (Phi) is 4.69. The summed E-state index contributed by atoms with van der Waals surface area (Å²) in [6.07, 6.45) is 0. The Hall–Kier alpha value is -0.0849. The van der Waals surface area contributed by atoms with Crippen LogP contribution in [0.5, 0.6) is 0 Å². The molecule has 1 aromatic carbocycles. The van der Waals surface area contributed by atoms with E-state index in [4.69, 9.17) is 5.11 Å². The molecular weight excluding hydrogens is 352 g/mol. The van der Waals surface area contributed by atoms with Crippen molar-refractivity contribution in [3.8, 4) is 0 Å². The minimum atomic E-state index is -0.840. The molecule has 0 unspecified atom stereocenters. The van der Waals surface area contributed by atoms with E-state index in [1.54, 1.807) is 18.2 Å². The molecule has 11 heavy (non-hydrogen) atoms. The van der Waals surface area contributed by atoms with E-state index in [-0.39, 0.29) is 12.4 Å². The first kappa shape index (κ1) is 10.9. The molecule has 54 valence electrons. The molecule has 0 saturated heterocycles. The Morgan fingerprint density at radius 2 is 2.09 bits per heavy atom. The normalized spacial score (nSPS) is 8.55. The molecule has 0 aliphatic rings. The van der Waals surface area contributed by atoms with Gasteiger partial charge in [-0.2, -0.15) is 0 Å². The van der Waals surface area contributed by atoms with Crippen LogP contribution in [0.15, 0.2) is 24.3 Å². The number of carbonyl (C=O) groups is 1. The summed E-state index contributed by atoms with van der Waals surface area (Å²) in [5.74, 6) is -0.840. The van der Waals surface area contributed by atoms with Crippen LogP contribution >= 0.6 is 0 Å². The van der Waals surface area contributed by atoms with Crippen LogP contribution in [0.3, 0.4) is 0 Å². The van der Waals surface area contributed by atoms with E-state index in [1.807, 2.05) is 6.07 Å². The Morgan fingerprint density at radius 1 is 1.45 bits per heavy atom. The Morgan fingerprint density at radius 3 is 2.45 bits per heavy atom. The summed E-state index contributed by atoms with van der Waals surface area (Å²) >= 11 is 0.520. The topological polar surface area (TPSA) is 37.3 Å². The first-order chi connectivity index (χ1) is 4.70. The first-order valence-corrected chi connectivity index (χ1v) is 5.60. The molecule has 0 amide bonds. The third kappa shape index (κ3) is 3.21. The van der Waals surface area contributed by atoms with Crippen molar-refractivity contribution in [1.82, 2.24) is 0 Å². The maximum atomic E-state index is 10.4. The van der Waals surface area contributed by atoms with Crippen LogP contribution in [0.4, 0.5) is 0 Å². The summed E-state index contributed by atoms with van der Waals surface area (Å²) in [5.41, 5.74) is 0.396. The Bertz CT molecular complexity index is 262. The van der Waals surface area contributed by atoms with Gasteiger partial charge in [-0.3, -0.25) is 0 Å². The fourth-order valence-corrected chi connectivity index (χ4v) is 2.09. The maximum Gasteiger partial charge on any atom is -1.00 e. The van der Waals surface area contributed by atoms with Crippen molar-refractivity contribution in [2.45, 2.75) is 0 Å². The summed E-state index contributed by atoms with van der Waals surface area (Å²) in [7, 11) is 0. The molecule has 2 nitrogen and oxygen atoms in total. The molecule has 0 saturated carbocycles. The summed E-state index contributed by atoms with van der Waals surface area (Å²) < 4.78 is 1.17. The van der Waals surface area contributed by atoms with Gasteiger partial charge in [-0.05, 0) is 0 Å². The van der Waals surface area contributed by atoms with Gasteiger partial charge in [-0.15, -0.1) is 0 Å². The van der Waals surface area contributed by atoms with Crippen molar-refractivity contribution in [3.05, 3.63) is 29.8 Å². The molecule has 0 aromatic heterocycles. The minimum absolute atomic E-state index is 0. The van der Waals surface area contributed by atoms with E-state index < -0.39 is 5.97 Å². The van der Waals surface area contributed by atoms with Gasteiger partial charge >= 0.3 is 74.9 Å². The first-order valence-electron chi connectivity index (χ1n) is 2.85. The molecule has 0 aliphatic carbocycles. The van der Waals surface area contributed by atoms with E-state index in [9.17, 15) is 4.79 Å². The molecule has 0 heterocycles. The van der Waals surface area contributed by atoms with E-state index in [0.29, 0.717) is 31.7 Å². The number of rotatable bonds is 1. The predicted octanol–water partition coefficient (Wildman–Crippen LogP) is -2.44. The van der Waals surface area contributed by atoms with Gasteiger partial charge in [0.1, 0.15) is 0 Å². The quantitative estimate of drug-likeness (QED) is 0.568. The number of hydrogen-bond acceptors (Lipinski definition) is 1. The number of halogens is 1. The average Bonchev–Trinajstić information content (AvgIpc) is 1.88. The van der Waals surface area contributed by atoms with E-state index in [0.717, 1.165) is 0 Å². The average molecular weight is 357 g/mol. The molecule has 1 rings (SSSR count). The third-order valence-electron chi connectivity index (χ3n) is 1.17. The largest absolute Gasteiger partial charge is 1.00 e. The second-order valence-electron chi connectivity index (χ2n) is 2.01. The van der Waals surface area contributed by atoms with Crippen molar-refractivity contribution in [2.75, 3.05) is 0 Å². The number of carboxylic acids is 1. The molecule has 0 aliphatic heterocycles. The second-order valence-corrected chi connectivity index (χ2v) is 5.18. The monoisotopic (exact) mass is 358 g/mol. The standard InChI is InChI=1S/C7H5O2.ClH.Hg/c8-7(9)6-4-2-1-3-5-6;;/h1-2,4-5H,(H,8,9);1H;/q;;+1/p-1. The van der Waals surface area contributed by atoms with Crippen molar-refractivity contribution in [3.63, 3.8) is 0 Å². The summed E-state index contributed by atoms with van der Waals surface area (Å²) in [5, 5.41) is 8.53. The van der Waals surface area contributed by atoms with Crippen LogP contribution < -0.4 is 15.5 Å². The molecule has 0 atom stereocenters. The van der Waals surface area contributed by atoms with Crippen LogP contribution in [0.1, 0.15) is 10.4 Å². The smallest absolute Gasteiger partial charge is 1.00 e. The van der Waals surface area contributed by atoms with Gasteiger partial charge in [0.2, 0.25) is 0 Å². The fourth-order valence-electron chi connectivity index (χ4n) is 0.704. The Balaban J connectivity index is 0.000001000. The van der Waals surface area contributed by atoms with Crippen LogP contribution in [0, 0.1) is 0 Å². The van der Waals surface area contributed by atoms with E-state index >= 15 is 0 Å². The van der Waals surface area contributed by atoms with Crippen molar-refractivity contribution >= 4 is 9.04 Å². The molecule has 1 N–H and O–H groups in total. The summed E-state index contributed by atoms with van der Waals surface area (Å²) in [6, 6.07) is 7.07. The van der Waals surface area contributed by atoms with Crippen molar-refractivity contribution < 1.29 is 48.4 Å². The fraction of sp³-hybridized carbons (Fsp3) is 0. The van der Waals surface area contributed by atoms with Gasteiger partial charge in [0, 0.05) is 0 Å². The third-order valence-corrected chi connectivity index (χ3v) is 2.88. The van der Waals surface area contributed by atoms with Gasteiger partial charge < -0.3 is 12.4 Å². The number of hydrogen-bond donors (Lipinski definition) is 1. The number of benzene rings is 1. The van der Waals surface area contributed by atoms with Gasteiger partial charge in [0.25, 0.3) is 0 Å². The predicted molar refractivity (Wildman–Crippen MR) is 33.0 cm³/mol. The Labute approximate surface area is 87.0 Å². The van der Waals surface area contributed by atoms with E-state index in [1.165, 1.54) is 3.07 Å². The minimum Gasteiger partial charge on any atom is -1.00 e. The van der Waals surface area contributed by atoms with Crippen LogP contribution in [0.2, 0.25) is 0 Å². The maximum absolute atomic E-state index is 10.4. The molecule has 0 radical (unpaired) electrons.